The largest absolute Gasteiger partial charge is 0.484 e. The second-order valence-electron chi connectivity index (χ2n) is 7.38. The standard InChI is InChI=1S/C21H25N3O6S/c1-16-6-7-17(24(26)27)14-20(16)22-21(25)15-30-18-8-10-19(11-9-18)31(28,29)23-12-4-2-3-5-13-23/h6-11,14H,2-5,12-13,15H2,1H3,(H,22,25). The van der Waals surface area contributed by atoms with E-state index in [1.54, 1.807) is 13.0 Å². The summed E-state index contributed by atoms with van der Waals surface area (Å²) >= 11 is 0. The van der Waals surface area contributed by atoms with Crippen LogP contribution in [0.25, 0.3) is 0 Å². The minimum atomic E-state index is -3.55. The van der Waals surface area contributed by atoms with Crippen LogP contribution in [0.5, 0.6) is 5.75 Å². The molecule has 3 rings (SSSR count). The second kappa shape index (κ2) is 9.88. The fourth-order valence-electron chi connectivity index (χ4n) is 3.33. The number of hydrogen-bond acceptors (Lipinski definition) is 6. The van der Waals surface area contributed by atoms with Crippen LogP contribution in [0.1, 0.15) is 31.2 Å². The summed E-state index contributed by atoms with van der Waals surface area (Å²) in [6.45, 7) is 2.46. The zero-order chi connectivity index (χ0) is 22.4. The van der Waals surface area contributed by atoms with Gasteiger partial charge in [-0.3, -0.25) is 14.9 Å². The topological polar surface area (TPSA) is 119 Å². The molecule has 2 aromatic carbocycles. The summed E-state index contributed by atoms with van der Waals surface area (Å²) in [5, 5.41) is 13.5. The number of aryl methyl sites for hydroxylation is 1. The molecule has 1 N–H and O–H groups in total. The van der Waals surface area contributed by atoms with Crippen LogP contribution in [-0.2, 0) is 14.8 Å². The number of anilines is 1. The van der Waals surface area contributed by atoms with E-state index in [2.05, 4.69) is 5.32 Å². The molecule has 31 heavy (non-hydrogen) atoms. The molecule has 0 atom stereocenters. The van der Waals surface area contributed by atoms with Crippen LogP contribution in [-0.4, -0.2) is 43.2 Å². The van der Waals surface area contributed by atoms with Gasteiger partial charge in [0.15, 0.2) is 6.61 Å². The van der Waals surface area contributed by atoms with E-state index in [4.69, 9.17) is 4.74 Å². The molecule has 1 saturated heterocycles. The Morgan fingerprint density at radius 2 is 1.74 bits per heavy atom. The number of rotatable bonds is 7. The molecular formula is C21H25N3O6S. The van der Waals surface area contributed by atoms with E-state index in [0.717, 1.165) is 25.7 Å². The minimum absolute atomic E-state index is 0.122. The summed E-state index contributed by atoms with van der Waals surface area (Å²) in [7, 11) is -3.55. The lowest BCUT2D eigenvalue weighted by molar-refractivity contribution is -0.384. The maximum absolute atomic E-state index is 12.8. The molecule has 1 amide bonds. The van der Waals surface area contributed by atoms with Crippen LogP contribution in [0.4, 0.5) is 11.4 Å². The van der Waals surface area contributed by atoms with Crippen molar-refractivity contribution in [2.75, 3.05) is 25.0 Å². The van der Waals surface area contributed by atoms with Crippen LogP contribution >= 0.6 is 0 Å². The van der Waals surface area contributed by atoms with Crippen LogP contribution in [0.15, 0.2) is 47.4 Å². The Bertz CT molecular complexity index is 1050. The number of nitrogens with zero attached hydrogens (tertiary/aromatic N) is 2. The first kappa shape index (κ1) is 22.7. The quantitative estimate of drug-likeness (QED) is 0.513. The molecule has 1 aliphatic rings. The number of benzene rings is 2. The highest BCUT2D eigenvalue weighted by Crippen LogP contribution is 2.23. The molecule has 2 aromatic rings. The summed E-state index contributed by atoms with van der Waals surface area (Å²) in [6, 6.07) is 10.2. The lowest BCUT2D eigenvalue weighted by Gasteiger charge is -2.20. The lowest BCUT2D eigenvalue weighted by Crippen LogP contribution is -2.31. The number of amides is 1. The Labute approximate surface area is 181 Å². The normalized spacial score (nSPS) is 15.1. The zero-order valence-corrected chi connectivity index (χ0v) is 18.1. The summed E-state index contributed by atoms with van der Waals surface area (Å²) in [6.07, 6.45) is 3.80. The number of non-ortho nitro benzene ring substituents is 1. The van der Waals surface area contributed by atoms with Gasteiger partial charge in [-0.25, -0.2) is 8.42 Å². The van der Waals surface area contributed by atoms with Crippen LogP contribution in [0.3, 0.4) is 0 Å². The maximum atomic E-state index is 12.8. The molecule has 10 heteroatoms. The van der Waals surface area contributed by atoms with Crippen molar-refractivity contribution in [3.63, 3.8) is 0 Å². The first-order chi connectivity index (χ1) is 14.8. The average Bonchev–Trinajstić information content (AvgIpc) is 3.04. The van der Waals surface area contributed by atoms with E-state index in [-0.39, 0.29) is 17.2 Å². The number of carbonyl (C=O) groups is 1. The molecule has 166 valence electrons. The number of ether oxygens (including phenoxy) is 1. The minimum Gasteiger partial charge on any atom is -0.484 e. The number of nitro benzene ring substituents is 1. The number of nitrogens with one attached hydrogen (secondary N) is 1. The Hall–Kier alpha value is -2.98. The maximum Gasteiger partial charge on any atom is 0.271 e. The van der Waals surface area contributed by atoms with E-state index in [0.29, 0.717) is 30.1 Å². The van der Waals surface area contributed by atoms with Gasteiger partial charge in [0.1, 0.15) is 5.75 Å². The highest BCUT2D eigenvalue weighted by atomic mass is 32.2. The first-order valence-electron chi connectivity index (χ1n) is 10.1. The Kier molecular flexibility index (Phi) is 7.24. The van der Waals surface area contributed by atoms with Crippen molar-refractivity contribution in [3.05, 3.63) is 58.1 Å². The summed E-state index contributed by atoms with van der Waals surface area (Å²) < 4.78 is 32.6. The van der Waals surface area contributed by atoms with E-state index in [9.17, 15) is 23.3 Å². The molecule has 0 saturated carbocycles. The fraction of sp³-hybridized carbons (Fsp3) is 0.381. The predicted octanol–water partition coefficient (Wildman–Crippen LogP) is 3.49. The lowest BCUT2D eigenvalue weighted by atomic mass is 10.2. The van der Waals surface area contributed by atoms with Gasteiger partial charge in [0, 0.05) is 25.2 Å². The number of sulfonamides is 1. The summed E-state index contributed by atoms with van der Waals surface area (Å²) in [5.41, 5.74) is 0.895. The highest BCUT2D eigenvalue weighted by Gasteiger charge is 2.25. The van der Waals surface area contributed by atoms with Crippen molar-refractivity contribution >= 4 is 27.3 Å². The third-order valence-electron chi connectivity index (χ3n) is 5.10. The molecule has 1 heterocycles. The van der Waals surface area contributed by atoms with Crippen LogP contribution in [0, 0.1) is 17.0 Å². The third kappa shape index (κ3) is 5.80. The van der Waals surface area contributed by atoms with E-state index < -0.39 is 20.9 Å². The first-order valence-corrected chi connectivity index (χ1v) is 11.5. The molecule has 0 bridgehead atoms. The molecule has 9 nitrogen and oxygen atoms in total. The van der Waals surface area contributed by atoms with Crippen LogP contribution < -0.4 is 10.1 Å². The van der Waals surface area contributed by atoms with E-state index in [1.807, 2.05) is 0 Å². The van der Waals surface area contributed by atoms with Gasteiger partial charge in [-0.2, -0.15) is 4.31 Å². The van der Waals surface area contributed by atoms with Crippen molar-refractivity contribution < 1.29 is 22.9 Å². The monoisotopic (exact) mass is 447 g/mol. The third-order valence-corrected chi connectivity index (χ3v) is 7.02. The van der Waals surface area contributed by atoms with Gasteiger partial charge in [-0.05, 0) is 49.6 Å². The van der Waals surface area contributed by atoms with Crippen molar-refractivity contribution in [1.82, 2.24) is 4.31 Å². The smallest absolute Gasteiger partial charge is 0.271 e. The molecule has 0 unspecified atom stereocenters. The molecule has 0 spiro atoms. The van der Waals surface area contributed by atoms with Gasteiger partial charge in [-0.1, -0.05) is 18.9 Å². The molecule has 0 aliphatic carbocycles. The molecule has 1 aliphatic heterocycles. The van der Waals surface area contributed by atoms with E-state index >= 15 is 0 Å². The number of hydrogen-bond donors (Lipinski definition) is 1. The molecule has 0 radical (unpaired) electrons. The highest BCUT2D eigenvalue weighted by molar-refractivity contribution is 7.89. The molecule has 0 aromatic heterocycles. The number of nitro groups is 1. The van der Waals surface area contributed by atoms with Gasteiger partial charge in [0.2, 0.25) is 10.0 Å². The predicted molar refractivity (Wildman–Crippen MR) is 116 cm³/mol. The zero-order valence-electron chi connectivity index (χ0n) is 17.2. The van der Waals surface area contributed by atoms with Gasteiger partial charge < -0.3 is 10.1 Å². The van der Waals surface area contributed by atoms with Gasteiger partial charge in [0.05, 0.1) is 15.5 Å². The molecule has 1 fully saturated rings. The van der Waals surface area contributed by atoms with Crippen molar-refractivity contribution in [2.45, 2.75) is 37.5 Å². The second-order valence-corrected chi connectivity index (χ2v) is 9.32. The average molecular weight is 448 g/mol. The van der Waals surface area contributed by atoms with Gasteiger partial charge >= 0.3 is 0 Å². The summed E-state index contributed by atoms with van der Waals surface area (Å²) in [5.74, 6) is -0.134. The molecular weight excluding hydrogens is 422 g/mol. The SMILES string of the molecule is Cc1ccc([N+](=O)[O-])cc1NC(=O)COc1ccc(S(=O)(=O)N2CCCCCC2)cc1. The van der Waals surface area contributed by atoms with Crippen molar-refractivity contribution in [2.24, 2.45) is 0 Å². The summed E-state index contributed by atoms with van der Waals surface area (Å²) in [4.78, 5) is 22.7. The van der Waals surface area contributed by atoms with E-state index in [1.165, 1.54) is 40.7 Å². The van der Waals surface area contributed by atoms with Gasteiger partial charge in [0.25, 0.3) is 11.6 Å². The van der Waals surface area contributed by atoms with Crippen molar-refractivity contribution in [3.8, 4) is 5.75 Å². The Morgan fingerprint density at radius 3 is 2.35 bits per heavy atom. The van der Waals surface area contributed by atoms with Crippen LogP contribution in [0.2, 0.25) is 0 Å². The number of carbonyl (C=O) groups excluding carboxylic acids is 1. The fourth-order valence-corrected chi connectivity index (χ4v) is 4.85. The Balaban J connectivity index is 1.59. The Morgan fingerprint density at radius 1 is 1.10 bits per heavy atom. The van der Waals surface area contributed by atoms with Gasteiger partial charge in [-0.15, -0.1) is 0 Å². The van der Waals surface area contributed by atoms with Crippen molar-refractivity contribution in [1.29, 1.82) is 0 Å².